The highest BCUT2D eigenvalue weighted by Gasteiger charge is 2.14. The first-order valence-electron chi connectivity index (χ1n) is 8.72. The van der Waals surface area contributed by atoms with Gasteiger partial charge in [-0.15, -0.1) is 0 Å². The van der Waals surface area contributed by atoms with Crippen molar-refractivity contribution in [3.8, 4) is 5.75 Å². The number of nitrogens with one attached hydrogen (secondary N) is 1. The van der Waals surface area contributed by atoms with E-state index >= 15 is 0 Å². The largest absolute Gasteiger partial charge is 0.491 e. The van der Waals surface area contributed by atoms with Crippen LogP contribution in [0.3, 0.4) is 0 Å². The molecule has 2 unspecified atom stereocenters. The molecule has 2 aromatic carbocycles. The number of ether oxygens (including phenoxy) is 1. The fourth-order valence-electron chi connectivity index (χ4n) is 2.72. The molecule has 0 aliphatic heterocycles. The standard InChI is InChI=1S/C21H27NO3/c1-15(2)25-19-11-7-8-17(13-19)14-21(24)22-16(3)12-20(23)18-9-5-4-6-10-18/h4-11,13,15-16,20,23H,12,14H2,1-3H3,(H,22,24). The Morgan fingerprint density at radius 2 is 1.80 bits per heavy atom. The van der Waals surface area contributed by atoms with E-state index in [9.17, 15) is 9.90 Å². The van der Waals surface area contributed by atoms with Crippen LogP contribution in [-0.2, 0) is 11.2 Å². The molecule has 1 amide bonds. The molecule has 2 atom stereocenters. The quantitative estimate of drug-likeness (QED) is 0.770. The maximum Gasteiger partial charge on any atom is 0.224 e. The smallest absolute Gasteiger partial charge is 0.224 e. The summed E-state index contributed by atoms with van der Waals surface area (Å²) in [6.45, 7) is 5.85. The van der Waals surface area contributed by atoms with Gasteiger partial charge in [-0.1, -0.05) is 42.5 Å². The summed E-state index contributed by atoms with van der Waals surface area (Å²) in [4.78, 5) is 12.2. The van der Waals surface area contributed by atoms with Gasteiger partial charge in [-0.25, -0.2) is 0 Å². The van der Waals surface area contributed by atoms with Crippen molar-refractivity contribution in [2.45, 2.75) is 51.9 Å². The van der Waals surface area contributed by atoms with Crippen LogP contribution in [0.4, 0.5) is 0 Å². The van der Waals surface area contributed by atoms with Gasteiger partial charge in [-0.3, -0.25) is 4.79 Å². The van der Waals surface area contributed by atoms with E-state index in [1.165, 1.54) is 0 Å². The molecule has 0 bridgehead atoms. The van der Waals surface area contributed by atoms with Crippen molar-refractivity contribution >= 4 is 5.91 Å². The Balaban J connectivity index is 1.85. The average Bonchev–Trinajstić information content (AvgIpc) is 2.55. The summed E-state index contributed by atoms with van der Waals surface area (Å²) < 4.78 is 5.65. The lowest BCUT2D eigenvalue weighted by atomic mass is 10.0. The van der Waals surface area contributed by atoms with Gasteiger partial charge in [0.15, 0.2) is 0 Å². The first-order valence-corrected chi connectivity index (χ1v) is 8.72. The van der Waals surface area contributed by atoms with E-state index in [0.717, 1.165) is 16.9 Å². The third kappa shape index (κ3) is 6.59. The summed E-state index contributed by atoms with van der Waals surface area (Å²) in [6, 6.07) is 17.0. The molecule has 0 aliphatic carbocycles. The zero-order valence-electron chi connectivity index (χ0n) is 15.1. The fraction of sp³-hybridized carbons (Fsp3) is 0.381. The molecule has 4 nitrogen and oxygen atoms in total. The predicted molar refractivity (Wildman–Crippen MR) is 99.5 cm³/mol. The third-order valence-corrected chi connectivity index (χ3v) is 3.80. The minimum absolute atomic E-state index is 0.0607. The number of aliphatic hydroxyl groups excluding tert-OH is 1. The van der Waals surface area contributed by atoms with Crippen molar-refractivity contribution in [1.29, 1.82) is 0 Å². The third-order valence-electron chi connectivity index (χ3n) is 3.80. The Kier molecular flexibility index (Phi) is 7.02. The molecule has 0 saturated carbocycles. The maximum absolute atomic E-state index is 12.2. The highest BCUT2D eigenvalue weighted by Crippen LogP contribution is 2.18. The van der Waals surface area contributed by atoms with Gasteiger partial charge in [-0.2, -0.15) is 0 Å². The Morgan fingerprint density at radius 1 is 1.08 bits per heavy atom. The number of rotatable bonds is 8. The van der Waals surface area contributed by atoms with Gasteiger partial charge in [0.05, 0.1) is 18.6 Å². The van der Waals surface area contributed by atoms with Gasteiger partial charge in [0.1, 0.15) is 5.75 Å². The average molecular weight is 341 g/mol. The van der Waals surface area contributed by atoms with E-state index in [4.69, 9.17) is 4.74 Å². The molecule has 0 heterocycles. The molecule has 2 N–H and O–H groups in total. The minimum Gasteiger partial charge on any atom is -0.491 e. The van der Waals surface area contributed by atoms with E-state index < -0.39 is 6.10 Å². The number of benzene rings is 2. The topological polar surface area (TPSA) is 58.6 Å². The SMILES string of the molecule is CC(CC(O)c1ccccc1)NC(=O)Cc1cccc(OC(C)C)c1. The van der Waals surface area contributed by atoms with E-state index in [2.05, 4.69) is 5.32 Å². The van der Waals surface area contributed by atoms with Gasteiger partial charge in [0.2, 0.25) is 5.91 Å². The van der Waals surface area contributed by atoms with Crippen molar-refractivity contribution in [2.24, 2.45) is 0 Å². The van der Waals surface area contributed by atoms with Crippen LogP contribution < -0.4 is 10.1 Å². The van der Waals surface area contributed by atoms with Crippen molar-refractivity contribution in [2.75, 3.05) is 0 Å². The summed E-state index contributed by atoms with van der Waals surface area (Å²) in [5, 5.41) is 13.2. The lowest BCUT2D eigenvalue weighted by molar-refractivity contribution is -0.121. The molecule has 25 heavy (non-hydrogen) atoms. The summed E-state index contributed by atoms with van der Waals surface area (Å²) in [6.07, 6.45) is 0.288. The zero-order chi connectivity index (χ0) is 18.2. The second kappa shape index (κ2) is 9.23. The first-order chi connectivity index (χ1) is 11.9. The van der Waals surface area contributed by atoms with Crippen molar-refractivity contribution in [3.63, 3.8) is 0 Å². The zero-order valence-corrected chi connectivity index (χ0v) is 15.1. The Hall–Kier alpha value is -2.33. The first kappa shape index (κ1) is 19.0. The predicted octanol–water partition coefficient (Wildman–Crippen LogP) is 3.64. The highest BCUT2D eigenvalue weighted by atomic mass is 16.5. The van der Waals surface area contributed by atoms with Gasteiger partial charge in [0, 0.05) is 6.04 Å². The molecule has 2 rings (SSSR count). The van der Waals surface area contributed by atoms with E-state index in [1.54, 1.807) is 0 Å². The Morgan fingerprint density at radius 3 is 2.48 bits per heavy atom. The number of aliphatic hydroxyl groups is 1. The number of carbonyl (C=O) groups excluding carboxylic acids is 1. The summed E-state index contributed by atoms with van der Waals surface area (Å²) in [5.41, 5.74) is 1.77. The van der Waals surface area contributed by atoms with Crippen molar-refractivity contribution in [3.05, 3.63) is 65.7 Å². The van der Waals surface area contributed by atoms with Crippen LogP contribution in [0.5, 0.6) is 5.75 Å². The van der Waals surface area contributed by atoms with Gasteiger partial charge < -0.3 is 15.2 Å². The molecule has 0 spiro atoms. The minimum atomic E-state index is -0.584. The van der Waals surface area contributed by atoms with Crippen LogP contribution in [0.2, 0.25) is 0 Å². The van der Waals surface area contributed by atoms with Crippen LogP contribution >= 0.6 is 0 Å². The van der Waals surface area contributed by atoms with Crippen LogP contribution in [0.15, 0.2) is 54.6 Å². The Labute approximate surface area is 149 Å². The number of hydrogen-bond acceptors (Lipinski definition) is 3. The van der Waals surface area contributed by atoms with Crippen LogP contribution in [0, 0.1) is 0 Å². The molecule has 0 aromatic heterocycles. The second-order valence-corrected chi connectivity index (χ2v) is 6.62. The molecule has 2 aromatic rings. The van der Waals surface area contributed by atoms with E-state index in [1.807, 2.05) is 75.4 Å². The lowest BCUT2D eigenvalue weighted by Gasteiger charge is -2.18. The van der Waals surface area contributed by atoms with Crippen LogP contribution in [0.1, 0.15) is 44.4 Å². The molecule has 4 heteroatoms. The second-order valence-electron chi connectivity index (χ2n) is 6.62. The number of hydrogen-bond donors (Lipinski definition) is 2. The monoisotopic (exact) mass is 341 g/mol. The fourth-order valence-corrected chi connectivity index (χ4v) is 2.72. The summed E-state index contributed by atoms with van der Waals surface area (Å²) in [5.74, 6) is 0.710. The molecule has 0 saturated heterocycles. The molecular weight excluding hydrogens is 314 g/mol. The van der Waals surface area contributed by atoms with Crippen molar-refractivity contribution < 1.29 is 14.6 Å². The van der Waals surface area contributed by atoms with E-state index in [0.29, 0.717) is 12.8 Å². The maximum atomic E-state index is 12.2. The molecule has 0 radical (unpaired) electrons. The van der Waals surface area contributed by atoms with Gasteiger partial charge in [-0.05, 0) is 50.5 Å². The van der Waals surface area contributed by atoms with Crippen LogP contribution in [-0.4, -0.2) is 23.2 Å². The highest BCUT2D eigenvalue weighted by molar-refractivity contribution is 5.78. The molecule has 0 fully saturated rings. The summed E-state index contributed by atoms with van der Waals surface area (Å²) >= 11 is 0. The normalized spacial score (nSPS) is 13.3. The molecule has 0 aliphatic rings. The van der Waals surface area contributed by atoms with E-state index in [-0.39, 0.29) is 18.1 Å². The number of amides is 1. The van der Waals surface area contributed by atoms with Crippen LogP contribution in [0.25, 0.3) is 0 Å². The van der Waals surface area contributed by atoms with Crippen molar-refractivity contribution in [1.82, 2.24) is 5.32 Å². The Bertz CT molecular complexity index is 670. The van der Waals surface area contributed by atoms with Gasteiger partial charge >= 0.3 is 0 Å². The molecule has 134 valence electrons. The summed E-state index contributed by atoms with van der Waals surface area (Å²) in [7, 11) is 0. The lowest BCUT2D eigenvalue weighted by Crippen LogP contribution is -2.34. The molecular formula is C21H27NO3. The van der Waals surface area contributed by atoms with Gasteiger partial charge in [0.25, 0.3) is 0 Å². The number of carbonyl (C=O) groups is 1.